The molecule has 0 N–H and O–H groups in total. The van der Waals surface area contributed by atoms with Gasteiger partial charge in [-0.2, -0.15) is 0 Å². The Morgan fingerprint density at radius 1 is 1.20 bits per heavy atom. The zero-order valence-corrected chi connectivity index (χ0v) is 8.98. The van der Waals surface area contributed by atoms with Crippen LogP contribution in [0.3, 0.4) is 0 Å². The zero-order chi connectivity index (χ0) is 2.00. The topological polar surface area (TPSA) is 0 Å². The van der Waals surface area contributed by atoms with Crippen LogP contribution in [0.4, 0.5) is 0 Å². The first-order valence-electron chi connectivity index (χ1n) is 0.577. The fourth-order valence-corrected chi connectivity index (χ4v) is 0. The van der Waals surface area contributed by atoms with Crippen LogP contribution in [0.25, 0.3) is 0 Å². The summed E-state index contributed by atoms with van der Waals surface area (Å²) in [6.45, 7) is 0. The van der Waals surface area contributed by atoms with Crippen LogP contribution in [-0.4, -0.2) is 17.6 Å². The molecule has 5 heavy (non-hydrogen) atoms. The molecular formula is H3BCrMoNiSi. The van der Waals surface area contributed by atoms with Crippen molar-refractivity contribution in [1.82, 2.24) is 0 Å². The standard InChI is InChI=1S/BH3Si.Cr.Mo.Ni/c1-2;;;/h2H3;;;. The van der Waals surface area contributed by atoms with E-state index < -0.39 is 0 Å². The molecule has 0 aliphatic rings. The normalized spacial score (nSPS) is 1.60. The largest absolute Gasteiger partial charge is 0.0434 e. The van der Waals surface area contributed by atoms with Crippen molar-refractivity contribution in [3.8, 4) is 0 Å². The van der Waals surface area contributed by atoms with Crippen LogP contribution in [0.2, 0.25) is 0 Å². The van der Waals surface area contributed by atoms with E-state index >= 15 is 0 Å². The first-order chi connectivity index (χ1) is 1.00. The van der Waals surface area contributed by atoms with Crippen molar-refractivity contribution in [2.24, 2.45) is 0 Å². The van der Waals surface area contributed by atoms with E-state index in [2.05, 4.69) is 7.44 Å². The first-order valence-corrected chi connectivity index (χ1v) is 1.73. The molecule has 0 saturated carbocycles. The third kappa shape index (κ3) is 24.0. The Bertz CT molecular complexity index is 11.6. The molecule has 0 rings (SSSR count). The molecule has 0 fully saturated rings. The summed E-state index contributed by atoms with van der Waals surface area (Å²) in [5.41, 5.74) is 0. The summed E-state index contributed by atoms with van der Waals surface area (Å²) in [7, 11) is 5.44. The van der Waals surface area contributed by atoms with Gasteiger partial charge >= 0.3 is 0 Å². The average Bonchev–Trinajstić information content (AvgIpc) is 1.00. The van der Waals surface area contributed by atoms with Crippen LogP contribution >= 0.6 is 0 Å². The summed E-state index contributed by atoms with van der Waals surface area (Å²) in [5, 5.41) is 0. The molecule has 0 aromatic rings. The van der Waals surface area contributed by atoms with E-state index in [4.69, 9.17) is 0 Å². The molecule has 0 saturated heterocycles. The van der Waals surface area contributed by atoms with Crippen molar-refractivity contribution in [2.45, 2.75) is 0 Å². The Hall–Kier alpha value is 2.00. The molecule has 2 radical (unpaired) electrons. The van der Waals surface area contributed by atoms with Gasteiger partial charge < -0.3 is 0 Å². The summed E-state index contributed by atoms with van der Waals surface area (Å²) in [6, 6.07) is 0. The smallest absolute Gasteiger partial charge is 0.0388 e. The second-order valence-electron chi connectivity index (χ2n) is 0. The Morgan fingerprint density at radius 3 is 1.20 bits per heavy atom. The molecule has 0 amide bonds. The maximum Gasteiger partial charge on any atom is 0.0434 e. The molecule has 0 unspecified atom stereocenters. The van der Waals surface area contributed by atoms with Crippen molar-refractivity contribution in [3.05, 3.63) is 0 Å². The van der Waals surface area contributed by atoms with Crippen LogP contribution in [-0.2, 0) is 54.9 Å². The van der Waals surface area contributed by atoms with Crippen LogP contribution < -0.4 is 0 Å². The fourth-order valence-electron chi connectivity index (χ4n) is 0. The van der Waals surface area contributed by atoms with E-state index in [-0.39, 0.29) is 54.9 Å². The van der Waals surface area contributed by atoms with Crippen LogP contribution in [0, 0.1) is 0 Å². The number of hydrogen-bond donors (Lipinski definition) is 0. The maximum absolute atomic E-state index is 4.64. The Morgan fingerprint density at radius 2 is 1.20 bits per heavy atom. The average molecular weight is 249 g/mol. The quantitative estimate of drug-likeness (QED) is 0.455. The molecule has 0 spiro atoms. The monoisotopic (exact) mass is 250 g/mol. The van der Waals surface area contributed by atoms with E-state index in [9.17, 15) is 0 Å². The fraction of sp³-hybridized carbons (Fsp3) is 0. The molecular weight excluding hydrogens is 246 g/mol. The number of rotatable bonds is 0. The van der Waals surface area contributed by atoms with E-state index in [1.807, 2.05) is 0 Å². The molecule has 0 heterocycles. The summed E-state index contributed by atoms with van der Waals surface area (Å²) in [5.74, 6) is 0. The molecule has 0 aliphatic heterocycles. The van der Waals surface area contributed by atoms with Crippen LogP contribution in [0.1, 0.15) is 0 Å². The third-order valence-corrected chi connectivity index (χ3v) is 0. The van der Waals surface area contributed by atoms with Crippen molar-refractivity contribution in [2.75, 3.05) is 0 Å². The molecule has 32 valence electrons. The molecule has 0 atom stereocenters. The van der Waals surface area contributed by atoms with Crippen LogP contribution in [0.15, 0.2) is 0 Å². The van der Waals surface area contributed by atoms with Gasteiger partial charge in [0.05, 0.1) is 0 Å². The van der Waals surface area contributed by atoms with Crippen LogP contribution in [0.5, 0.6) is 0 Å². The zero-order valence-electron chi connectivity index (χ0n) is 2.71. The summed E-state index contributed by atoms with van der Waals surface area (Å²) in [4.78, 5) is 0. The maximum atomic E-state index is 4.64. The summed E-state index contributed by atoms with van der Waals surface area (Å²) >= 11 is 0. The minimum absolute atomic E-state index is 0. The van der Waals surface area contributed by atoms with Gasteiger partial charge in [0.1, 0.15) is 0 Å². The van der Waals surface area contributed by atoms with Gasteiger partial charge in [-0.05, 0) is 10.1 Å². The van der Waals surface area contributed by atoms with Gasteiger partial charge in [-0.25, -0.2) is 0 Å². The first kappa shape index (κ1) is 28.0. The SMILES string of the molecule is [B][SiH3].[Cr].[Mo].[Ni]. The van der Waals surface area contributed by atoms with Gasteiger partial charge in [-0.1, -0.05) is 0 Å². The third-order valence-electron chi connectivity index (χ3n) is 0. The Kier molecular flexibility index (Phi) is 211. The van der Waals surface area contributed by atoms with E-state index in [1.54, 1.807) is 0 Å². The van der Waals surface area contributed by atoms with Gasteiger partial charge in [0.15, 0.2) is 0 Å². The van der Waals surface area contributed by atoms with E-state index in [0.717, 1.165) is 10.1 Å². The summed E-state index contributed by atoms with van der Waals surface area (Å²) in [6.07, 6.45) is 0. The Balaban J connectivity index is -0.00000000167. The van der Waals surface area contributed by atoms with Crippen molar-refractivity contribution < 1.29 is 54.9 Å². The molecule has 0 aliphatic carbocycles. The predicted molar refractivity (Wildman–Crippen MR) is 15.7 cm³/mol. The minimum atomic E-state index is 0. The minimum Gasteiger partial charge on any atom is -0.0388 e. The second kappa shape index (κ2) is 37.6. The van der Waals surface area contributed by atoms with Gasteiger partial charge in [0.2, 0.25) is 0 Å². The molecule has 0 aromatic heterocycles. The molecule has 5 heteroatoms. The molecule has 0 nitrogen and oxygen atoms in total. The van der Waals surface area contributed by atoms with Gasteiger partial charge in [-0.15, -0.1) is 0 Å². The van der Waals surface area contributed by atoms with E-state index in [0.29, 0.717) is 0 Å². The van der Waals surface area contributed by atoms with Crippen molar-refractivity contribution in [1.29, 1.82) is 0 Å². The van der Waals surface area contributed by atoms with Gasteiger partial charge in [-0.3, -0.25) is 0 Å². The van der Waals surface area contributed by atoms with Crippen molar-refractivity contribution >= 4 is 17.6 Å². The molecule has 0 bridgehead atoms. The predicted octanol–water partition coefficient (Wildman–Crippen LogP) is -1.57. The van der Waals surface area contributed by atoms with Gasteiger partial charge in [0.25, 0.3) is 0 Å². The summed E-state index contributed by atoms with van der Waals surface area (Å²) < 4.78 is 0. The molecule has 0 aromatic carbocycles. The van der Waals surface area contributed by atoms with E-state index in [1.165, 1.54) is 0 Å². The second-order valence-corrected chi connectivity index (χ2v) is 0. The van der Waals surface area contributed by atoms with Gasteiger partial charge in [0, 0.05) is 62.4 Å². The Labute approximate surface area is 71.9 Å². The van der Waals surface area contributed by atoms with Crippen molar-refractivity contribution in [3.63, 3.8) is 0 Å². The number of hydrogen-bond acceptors (Lipinski definition) is 0.